The summed E-state index contributed by atoms with van der Waals surface area (Å²) >= 11 is 0.919. The van der Waals surface area contributed by atoms with Crippen molar-refractivity contribution in [2.24, 2.45) is 5.14 Å². The quantitative estimate of drug-likeness (QED) is 0.438. The van der Waals surface area contributed by atoms with Crippen molar-refractivity contribution in [3.05, 3.63) is 65.2 Å². The van der Waals surface area contributed by atoms with E-state index in [0.29, 0.717) is 11.1 Å². The van der Waals surface area contributed by atoms with Gasteiger partial charge in [-0.05, 0) is 41.3 Å². The highest BCUT2D eigenvalue weighted by atomic mass is 32.2. The minimum atomic E-state index is -3.94. The lowest BCUT2D eigenvalue weighted by Crippen LogP contribution is -2.31. The smallest absolute Gasteiger partial charge is 0.247 e. The molecule has 4 rings (SSSR count). The third-order valence-electron chi connectivity index (χ3n) is 6.06. The number of pyridine rings is 1. The van der Waals surface area contributed by atoms with E-state index in [0.717, 1.165) is 22.2 Å². The van der Waals surface area contributed by atoms with Crippen molar-refractivity contribution in [1.29, 1.82) is 10.5 Å². The Morgan fingerprint density at radius 3 is 2.16 bits per heavy atom. The molecule has 0 saturated carbocycles. The van der Waals surface area contributed by atoms with Crippen molar-refractivity contribution in [2.75, 3.05) is 10.6 Å². The Kier molecular flexibility index (Phi) is 7.24. The largest absolute Gasteiger partial charge is 0.383 e. The highest BCUT2D eigenvalue weighted by Gasteiger charge is 2.41. The van der Waals surface area contributed by atoms with Crippen LogP contribution in [-0.4, -0.2) is 30.5 Å². The molecule has 1 saturated heterocycles. The van der Waals surface area contributed by atoms with Gasteiger partial charge in [-0.3, -0.25) is 9.59 Å². The Morgan fingerprint density at radius 2 is 1.63 bits per heavy atom. The van der Waals surface area contributed by atoms with Crippen LogP contribution in [0.5, 0.6) is 0 Å². The SMILES string of the molecule is CC(C)c1ccc(-c2c(C#N)c(N)nc(SC3CC(=O)N(c4ccc(S(N)(=O)=O)cc4)C3=O)c2C#N)cc1. The fraction of sp³-hybridized carbons (Fsp3) is 0.192. The molecule has 0 aliphatic carbocycles. The molecule has 1 atom stereocenters. The lowest BCUT2D eigenvalue weighted by atomic mass is 9.94. The maximum atomic E-state index is 13.2. The summed E-state index contributed by atoms with van der Waals surface area (Å²) in [4.78, 5) is 31.0. The van der Waals surface area contributed by atoms with E-state index in [1.807, 2.05) is 32.0 Å². The number of rotatable bonds is 6. The minimum Gasteiger partial charge on any atom is -0.383 e. The summed E-state index contributed by atoms with van der Waals surface area (Å²) < 4.78 is 23.0. The number of amides is 2. The summed E-state index contributed by atoms with van der Waals surface area (Å²) in [7, 11) is -3.94. The first-order chi connectivity index (χ1) is 18.0. The van der Waals surface area contributed by atoms with Gasteiger partial charge in [0.05, 0.1) is 21.4 Å². The molecule has 3 aromatic rings. The van der Waals surface area contributed by atoms with Gasteiger partial charge in [0.25, 0.3) is 0 Å². The third-order valence-corrected chi connectivity index (χ3v) is 8.16. The van der Waals surface area contributed by atoms with Crippen LogP contribution in [0, 0.1) is 22.7 Å². The summed E-state index contributed by atoms with van der Waals surface area (Å²) in [5, 5.41) is 24.2. The summed E-state index contributed by atoms with van der Waals surface area (Å²) in [6.45, 7) is 4.10. The van der Waals surface area contributed by atoms with Gasteiger partial charge in [0.2, 0.25) is 21.8 Å². The lowest BCUT2D eigenvalue weighted by molar-refractivity contribution is -0.121. The standard InChI is InChI=1S/C26H22N6O4S2/c1-14(2)15-3-5-16(6-4-15)23-19(12-27)24(29)31-25(20(23)13-28)37-21-11-22(33)32(26(21)34)17-7-9-18(10-8-17)38(30,35)36/h3-10,14,21H,11H2,1-2H3,(H2,29,31)(H2,30,35,36). The van der Waals surface area contributed by atoms with Gasteiger partial charge < -0.3 is 5.73 Å². The Balaban J connectivity index is 1.71. The predicted octanol–water partition coefficient (Wildman–Crippen LogP) is 3.27. The van der Waals surface area contributed by atoms with Crippen LogP contribution in [0.15, 0.2) is 58.5 Å². The van der Waals surface area contributed by atoms with Crippen LogP contribution in [0.4, 0.5) is 11.5 Å². The number of hydrogen-bond donors (Lipinski definition) is 2. The van der Waals surface area contributed by atoms with Crippen molar-refractivity contribution in [3.63, 3.8) is 0 Å². The number of aromatic nitrogens is 1. The van der Waals surface area contributed by atoms with Crippen LogP contribution < -0.4 is 15.8 Å². The van der Waals surface area contributed by atoms with Crippen LogP contribution in [-0.2, 0) is 19.6 Å². The number of anilines is 2. The van der Waals surface area contributed by atoms with Crippen LogP contribution in [0.25, 0.3) is 11.1 Å². The van der Waals surface area contributed by atoms with Gasteiger partial charge in [0.15, 0.2) is 0 Å². The summed E-state index contributed by atoms with van der Waals surface area (Å²) in [6.07, 6.45) is -0.175. The van der Waals surface area contributed by atoms with E-state index in [1.165, 1.54) is 24.3 Å². The number of primary sulfonamides is 1. The van der Waals surface area contributed by atoms with Gasteiger partial charge in [0.1, 0.15) is 28.5 Å². The Bertz CT molecular complexity index is 1640. The molecular formula is C26H22N6O4S2. The first-order valence-corrected chi connectivity index (χ1v) is 13.8. The lowest BCUT2D eigenvalue weighted by Gasteiger charge is -2.17. The number of nitriles is 2. The molecular weight excluding hydrogens is 524 g/mol. The molecule has 10 nitrogen and oxygen atoms in total. The average Bonchev–Trinajstić information content (AvgIpc) is 3.15. The van der Waals surface area contributed by atoms with Gasteiger partial charge in [-0.2, -0.15) is 10.5 Å². The molecule has 0 bridgehead atoms. The molecule has 0 spiro atoms. The molecule has 2 aromatic carbocycles. The normalized spacial score (nSPS) is 15.5. The summed E-state index contributed by atoms with van der Waals surface area (Å²) in [5.74, 6) is -0.863. The first-order valence-electron chi connectivity index (χ1n) is 11.4. The second-order valence-electron chi connectivity index (χ2n) is 8.84. The van der Waals surface area contributed by atoms with Gasteiger partial charge in [-0.1, -0.05) is 49.9 Å². The van der Waals surface area contributed by atoms with Gasteiger partial charge in [-0.25, -0.2) is 23.4 Å². The number of sulfonamides is 1. The number of imide groups is 1. The number of carbonyl (C=O) groups excluding carboxylic acids is 2. The predicted molar refractivity (Wildman–Crippen MR) is 142 cm³/mol. The molecule has 1 fully saturated rings. The number of nitrogens with two attached hydrogens (primary N) is 2. The highest BCUT2D eigenvalue weighted by molar-refractivity contribution is 8.00. The number of benzene rings is 2. The molecule has 1 aliphatic heterocycles. The Morgan fingerprint density at radius 1 is 1.03 bits per heavy atom. The molecule has 1 unspecified atom stereocenters. The molecule has 4 N–H and O–H groups in total. The van der Waals surface area contributed by atoms with Crippen molar-refractivity contribution in [3.8, 4) is 23.3 Å². The van der Waals surface area contributed by atoms with E-state index >= 15 is 0 Å². The summed E-state index contributed by atoms with van der Waals surface area (Å²) in [6, 6.07) is 16.6. The van der Waals surface area contributed by atoms with E-state index in [2.05, 4.69) is 11.1 Å². The average molecular weight is 547 g/mol. The molecule has 2 amide bonds. The van der Waals surface area contributed by atoms with E-state index in [9.17, 15) is 28.5 Å². The topological polar surface area (TPSA) is 184 Å². The first kappa shape index (κ1) is 26.8. The third kappa shape index (κ3) is 4.97. The minimum absolute atomic E-state index is 0.0496. The molecule has 38 heavy (non-hydrogen) atoms. The van der Waals surface area contributed by atoms with Crippen LogP contribution >= 0.6 is 11.8 Å². The second-order valence-corrected chi connectivity index (χ2v) is 11.6. The van der Waals surface area contributed by atoms with Crippen LogP contribution in [0.3, 0.4) is 0 Å². The van der Waals surface area contributed by atoms with Crippen LogP contribution in [0.2, 0.25) is 0 Å². The summed E-state index contributed by atoms with van der Waals surface area (Å²) in [5.41, 5.74) is 8.41. The van der Waals surface area contributed by atoms with E-state index < -0.39 is 27.1 Å². The number of carbonyl (C=O) groups is 2. The molecule has 0 radical (unpaired) electrons. The molecule has 1 aromatic heterocycles. The molecule has 2 heterocycles. The number of nitrogen functional groups attached to an aromatic ring is 1. The fourth-order valence-electron chi connectivity index (χ4n) is 4.09. The maximum Gasteiger partial charge on any atom is 0.247 e. The molecule has 192 valence electrons. The van der Waals surface area contributed by atoms with Crippen molar-refractivity contribution in [2.45, 2.75) is 41.4 Å². The zero-order chi connectivity index (χ0) is 27.8. The van der Waals surface area contributed by atoms with E-state index in [-0.39, 0.29) is 44.9 Å². The monoisotopic (exact) mass is 546 g/mol. The van der Waals surface area contributed by atoms with Crippen molar-refractivity contribution < 1.29 is 18.0 Å². The maximum absolute atomic E-state index is 13.2. The fourth-order valence-corrected chi connectivity index (χ4v) is 5.73. The van der Waals surface area contributed by atoms with Crippen molar-refractivity contribution in [1.82, 2.24) is 4.98 Å². The molecule has 12 heteroatoms. The van der Waals surface area contributed by atoms with Gasteiger partial charge >= 0.3 is 0 Å². The highest BCUT2D eigenvalue weighted by Crippen LogP contribution is 2.40. The molecule has 1 aliphatic rings. The van der Waals surface area contributed by atoms with Gasteiger partial charge in [0, 0.05) is 12.0 Å². The van der Waals surface area contributed by atoms with E-state index in [1.54, 1.807) is 12.1 Å². The Labute approximate surface area is 223 Å². The number of hydrogen-bond acceptors (Lipinski definition) is 9. The van der Waals surface area contributed by atoms with Crippen LogP contribution in [0.1, 0.15) is 42.9 Å². The van der Waals surface area contributed by atoms with E-state index in [4.69, 9.17) is 10.9 Å². The zero-order valence-electron chi connectivity index (χ0n) is 20.4. The van der Waals surface area contributed by atoms with Crippen molar-refractivity contribution >= 4 is 45.1 Å². The Hall–Kier alpha value is -4.23. The number of thioether (sulfide) groups is 1. The second kappa shape index (κ2) is 10.3. The number of nitrogens with zero attached hydrogens (tertiary/aromatic N) is 4. The van der Waals surface area contributed by atoms with Gasteiger partial charge in [-0.15, -0.1) is 0 Å². The zero-order valence-corrected chi connectivity index (χ0v) is 22.0.